The second-order valence-corrected chi connectivity index (χ2v) is 11.9. The van der Waals surface area contributed by atoms with Gasteiger partial charge in [-0.25, -0.2) is 0 Å². The van der Waals surface area contributed by atoms with Gasteiger partial charge >= 0.3 is 0 Å². The van der Waals surface area contributed by atoms with E-state index in [1.54, 1.807) is 6.92 Å². The number of benzene rings is 1. The average molecular weight is 610 g/mol. The SMILES string of the molecule is CCCCc1nnc(OC2CCN(C)CC2)cc1-c1ccc(OC2CCCCC2)c(N(CC(C)C)C(C)=O)c1.Cl.Cl. The van der Waals surface area contributed by atoms with Crippen LogP contribution in [0.25, 0.3) is 11.1 Å². The zero-order valence-corrected chi connectivity index (χ0v) is 27.2. The molecule has 1 amide bonds. The molecule has 41 heavy (non-hydrogen) atoms. The van der Waals surface area contributed by atoms with Crippen LogP contribution < -0.4 is 14.4 Å². The third-order valence-electron chi connectivity index (χ3n) is 7.90. The lowest BCUT2D eigenvalue weighted by Crippen LogP contribution is -2.35. The minimum absolute atomic E-state index is 0. The van der Waals surface area contributed by atoms with E-state index >= 15 is 0 Å². The van der Waals surface area contributed by atoms with E-state index in [-0.39, 0.29) is 42.9 Å². The summed E-state index contributed by atoms with van der Waals surface area (Å²) in [6.07, 6.45) is 11.1. The normalized spacial score (nSPS) is 16.5. The minimum atomic E-state index is 0. The van der Waals surface area contributed by atoms with Gasteiger partial charge in [0.2, 0.25) is 11.8 Å². The fourth-order valence-corrected chi connectivity index (χ4v) is 5.63. The van der Waals surface area contributed by atoms with Crippen LogP contribution in [-0.2, 0) is 11.2 Å². The molecule has 0 unspecified atom stereocenters. The summed E-state index contributed by atoms with van der Waals surface area (Å²) in [5.41, 5.74) is 3.86. The number of unbranched alkanes of at least 4 members (excludes halogenated alkanes) is 1. The number of carbonyl (C=O) groups is 1. The number of anilines is 1. The van der Waals surface area contributed by atoms with Crippen molar-refractivity contribution in [1.82, 2.24) is 15.1 Å². The van der Waals surface area contributed by atoms with E-state index < -0.39 is 0 Å². The van der Waals surface area contributed by atoms with Crippen molar-refractivity contribution in [3.63, 3.8) is 0 Å². The number of rotatable bonds is 11. The molecule has 2 aromatic rings. The Morgan fingerprint density at radius 3 is 2.32 bits per heavy atom. The molecule has 0 spiro atoms. The van der Waals surface area contributed by atoms with E-state index in [0.29, 0.717) is 18.3 Å². The minimum Gasteiger partial charge on any atom is -0.488 e. The quantitative estimate of drug-likeness (QED) is 0.263. The van der Waals surface area contributed by atoms with Crippen LogP contribution in [-0.4, -0.2) is 59.9 Å². The summed E-state index contributed by atoms with van der Waals surface area (Å²) in [5, 5.41) is 9.13. The standard InChI is InChI=1S/C32H48N4O3.2ClH/c1-6-7-13-29-28(21-32(34-33-29)39-27-16-18-35(5)19-17-27)25-14-15-31(38-26-11-9-8-10-12-26)30(20-25)36(24(4)37)22-23(2)3;;/h14-15,20-21,23,26-27H,6-13,16-19,22H2,1-5H3;2*1H. The number of aryl methyl sites for hydroxylation is 1. The first-order chi connectivity index (χ1) is 18.8. The molecule has 2 fully saturated rings. The molecule has 4 rings (SSSR count). The average Bonchev–Trinajstić information content (AvgIpc) is 2.93. The number of hydrogen-bond acceptors (Lipinski definition) is 6. The van der Waals surface area contributed by atoms with Crippen molar-refractivity contribution in [2.75, 3.05) is 31.6 Å². The van der Waals surface area contributed by atoms with Gasteiger partial charge in [0.15, 0.2) is 0 Å². The maximum Gasteiger partial charge on any atom is 0.234 e. The maximum absolute atomic E-state index is 12.9. The van der Waals surface area contributed by atoms with Gasteiger partial charge in [0, 0.05) is 38.2 Å². The van der Waals surface area contributed by atoms with Gasteiger partial charge in [-0.05, 0) is 82.0 Å². The number of likely N-dealkylation sites (tertiary alicyclic amines) is 1. The fraction of sp³-hybridized carbons (Fsp3) is 0.656. The third-order valence-corrected chi connectivity index (χ3v) is 7.90. The topological polar surface area (TPSA) is 67.8 Å². The summed E-state index contributed by atoms with van der Waals surface area (Å²) < 4.78 is 12.9. The zero-order chi connectivity index (χ0) is 27.8. The second-order valence-electron chi connectivity index (χ2n) is 11.9. The number of piperidine rings is 1. The molecule has 7 nitrogen and oxygen atoms in total. The Bertz CT molecular complexity index is 1090. The molecular formula is C32H50Cl2N4O3. The highest BCUT2D eigenvalue weighted by Crippen LogP contribution is 2.38. The summed E-state index contributed by atoms with van der Waals surface area (Å²) in [6.45, 7) is 10.8. The lowest BCUT2D eigenvalue weighted by atomic mass is 9.97. The second kappa shape index (κ2) is 17.1. The van der Waals surface area contributed by atoms with Crippen LogP contribution >= 0.6 is 24.8 Å². The van der Waals surface area contributed by atoms with Crippen molar-refractivity contribution in [1.29, 1.82) is 0 Å². The summed E-state index contributed by atoms with van der Waals surface area (Å²) in [4.78, 5) is 17.1. The number of nitrogens with zero attached hydrogens (tertiary/aromatic N) is 4. The van der Waals surface area contributed by atoms with Crippen LogP contribution in [0.5, 0.6) is 11.6 Å². The molecule has 1 saturated heterocycles. The van der Waals surface area contributed by atoms with E-state index in [0.717, 1.165) is 86.3 Å². The van der Waals surface area contributed by atoms with E-state index in [1.165, 1.54) is 19.3 Å². The van der Waals surface area contributed by atoms with Crippen LogP contribution in [0.2, 0.25) is 0 Å². The van der Waals surface area contributed by atoms with Crippen molar-refractivity contribution in [2.24, 2.45) is 5.92 Å². The Morgan fingerprint density at radius 2 is 1.68 bits per heavy atom. The molecule has 0 atom stereocenters. The number of amides is 1. The van der Waals surface area contributed by atoms with Gasteiger partial charge in [-0.2, -0.15) is 5.10 Å². The third kappa shape index (κ3) is 10.0. The lowest BCUT2D eigenvalue weighted by molar-refractivity contribution is -0.116. The highest BCUT2D eigenvalue weighted by Gasteiger charge is 2.24. The fourth-order valence-electron chi connectivity index (χ4n) is 5.63. The Labute approximate surface area is 259 Å². The first-order valence-electron chi connectivity index (χ1n) is 15.1. The van der Waals surface area contributed by atoms with Crippen LogP contribution in [0.3, 0.4) is 0 Å². The van der Waals surface area contributed by atoms with Crippen LogP contribution in [0, 0.1) is 5.92 Å². The van der Waals surface area contributed by atoms with Crippen LogP contribution in [0.1, 0.15) is 91.2 Å². The number of hydrogen-bond donors (Lipinski definition) is 0. The maximum atomic E-state index is 12.9. The van der Waals surface area contributed by atoms with Gasteiger partial charge in [-0.3, -0.25) is 4.79 Å². The van der Waals surface area contributed by atoms with Crippen molar-refractivity contribution >= 4 is 36.4 Å². The van der Waals surface area contributed by atoms with Crippen molar-refractivity contribution in [2.45, 2.75) is 104 Å². The molecule has 1 aliphatic heterocycles. The van der Waals surface area contributed by atoms with Gasteiger partial charge in [0.05, 0.1) is 17.5 Å². The van der Waals surface area contributed by atoms with E-state index in [2.05, 4.69) is 67.2 Å². The Kier molecular flexibility index (Phi) is 14.7. The molecule has 1 aromatic heterocycles. The molecule has 0 radical (unpaired) electrons. The summed E-state index contributed by atoms with van der Waals surface area (Å²) in [5.74, 6) is 1.73. The molecule has 1 saturated carbocycles. The smallest absolute Gasteiger partial charge is 0.234 e. The van der Waals surface area contributed by atoms with Gasteiger partial charge in [-0.15, -0.1) is 29.9 Å². The predicted molar refractivity (Wildman–Crippen MR) is 172 cm³/mol. The lowest BCUT2D eigenvalue weighted by Gasteiger charge is -2.30. The van der Waals surface area contributed by atoms with Crippen molar-refractivity contribution in [3.05, 3.63) is 30.0 Å². The van der Waals surface area contributed by atoms with E-state index in [4.69, 9.17) is 9.47 Å². The first kappa shape index (κ1) is 35.1. The highest BCUT2D eigenvalue weighted by atomic mass is 35.5. The molecule has 1 aliphatic carbocycles. The Balaban J connectivity index is 0.00000294. The molecule has 2 aliphatic rings. The van der Waals surface area contributed by atoms with E-state index in [9.17, 15) is 4.79 Å². The number of aromatic nitrogens is 2. The molecule has 9 heteroatoms. The summed E-state index contributed by atoms with van der Waals surface area (Å²) in [6, 6.07) is 8.34. The Hall–Kier alpha value is -2.09. The molecule has 0 bridgehead atoms. The zero-order valence-electron chi connectivity index (χ0n) is 25.6. The summed E-state index contributed by atoms with van der Waals surface area (Å²) in [7, 11) is 2.15. The van der Waals surface area contributed by atoms with Crippen molar-refractivity contribution < 1.29 is 14.3 Å². The molecule has 230 valence electrons. The Morgan fingerprint density at radius 1 is 1.00 bits per heavy atom. The molecular weight excluding hydrogens is 559 g/mol. The molecule has 0 N–H and O–H groups in total. The number of ether oxygens (including phenoxy) is 2. The van der Waals surface area contributed by atoms with Gasteiger partial charge in [-0.1, -0.05) is 39.7 Å². The molecule has 2 heterocycles. The van der Waals surface area contributed by atoms with E-state index in [1.807, 2.05) is 4.90 Å². The predicted octanol–water partition coefficient (Wildman–Crippen LogP) is 7.52. The largest absolute Gasteiger partial charge is 0.488 e. The monoisotopic (exact) mass is 608 g/mol. The summed E-state index contributed by atoms with van der Waals surface area (Å²) >= 11 is 0. The van der Waals surface area contributed by atoms with Crippen molar-refractivity contribution in [3.8, 4) is 22.8 Å². The number of carbonyl (C=O) groups excluding carboxylic acids is 1. The van der Waals surface area contributed by atoms with Gasteiger partial charge in [0.25, 0.3) is 0 Å². The molecule has 1 aromatic carbocycles. The van der Waals surface area contributed by atoms with Gasteiger partial charge < -0.3 is 19.3 Å². The first-order valence-corrected chi connectivity index (χ1v) is 15.1. The highest BCUT2D eigenvalue weighted by molar-refractivity contribution is 5.94. The van der Waals surface area contributed by atoms with Gasteiger partial charge in [0.1, 0.15) is 11.9 Å². The number of halogens is 2. The van der Waals surface area contributed by atoms with Crippen LogP contribution in [0.15, 0.2) is 24.3 Å². The van der Waals surface area contributed by atoms with Crippen LogP contribution in [0.4, 0.5) is 5.69 Å².